The van der Waals surface area contributed by atoms with Crippen LogP contribution in [0.25, 0.3) is 11.0 Å². The summed E-state index contributed by atoms with van der Waals surface area (Å²) in [5.41, 5.74) is 3.88. The molecule has 0 fully saturated rings. The summed E-state index contributed by atoms with van der Waals surface area (Å²) >= 11 is 0. The zero-order valence-corrected chi connectivity index (χ0v) is 25.0. The maximum atomic E-state index is 12.9. The number of benzene rings is 2. The van der Waals surface area contributed by atoms with Gasteiger partial charge in [0.15, 0.2) is 0 Å². The van der Waals surface area contributed by atoms with Crippen LogP contribution in [0.2, 0.25) is 0 Å². The van der Waals surface area contributed by atoms with E-state index in [1.54, 1.807) is 0 Å². The summed E-state index contributed by atoms with van der Waals surface area (Å²) in [6.07, 6.45) is 22.0. The SMILES string of the molecule is CCCCCCCCCCCCCCCCCCn1c(C(C)NC(=O)c2ccccc2C)nc2ccccc21. The Hall–Kier alpha value is -2.62. The Morgan fingerprint density at radius 2 is 1.26 bits per heavy atom. The Kier molecular flexibility index (Phi) is 14.2. The molecule has 4 heteroatoms. The van der Waals surface area contributed by atoms with Crippen molar-refractivity contribution in [3.05, 3.63) is 65.5 Å². The lowest BCUT2D eigenvalue weighted by molar-refractivity contribution is 0.0937. The molecule has 0 aliphatic heterocycles. The highest BCUT2D eigenvalue weighted by atomic mass is 16.1. The Morgan fingerprint density at radius 1 is 0.744 bits per heavy atom. The van der Waals surface area contributed by atoms with Gasteiger partial charge in [-0.2, -0.15) is 0 Å². The zero-order valence-electron chi connectivity index (χ0n) is 25.0. The average Bonchev–Trinajstić information content (AvgIpc) is 3.31. The predicted molar refractivity (Wildman–Crippen MR) is 166 cm³/mol. The van der Waals surface area contributed by atoms with Crippen molar-refractivity contribution < 1.29 is 4.79 Å². The molecule has 0 aliphatic rings. The fourth-order valence-corrected chi connectivity index (χ4v) is 5.64. The Morgan fingerprint density at radius 3 is 1.85 bits per heavy atom. The number of nitrogens with zero attached hydrogens (tertiary/aromatic N) is 2. The molecular formula is C35H53N3O. The van der Waals surface area contributed by atoms with E-state index in [9.17, 15) is 4.79 Å². The van der Waals surface area contributed by atoms with Crippen molar-refractivity contribution in [1.29, 1.82) is 0 Å². The molecule has 39 heavy (non-hydrogen) atoms. The second-order valence-electron chi connectivity index (χ2n) is 11.4. The van der Waals surface area contributed by atoms with Crippen molar-refractivity contribution in [2.24, 2.45) is 0 Å². The van der Waals surface area contributed by atoms with E-state index in [2.05, 4.69) is 35.0 Å². The molecule has 0 radical (unpaired) electrons. The van der Waals surface area contributed by atoms with E-state index in [0.717, 1.165) is 41.0 Å². The van der Waals surface area contributed by atoms with Crippen LogP contribution in [-0.4, -0.2) is 15.5 Å². The van der Waals surface area contributed by atoms with Gasteiger partial charge in [0.25, 0.3) is 5.91 Å². The maximum absolute atomic E-state index is 12.9. The molecule has 0 bridgehead atoms. The first-order valence-corrected chi connectivity index (χ1v) is 15.9. The lowest BCUT2D eigenvalue weighted by Gasteiger charge is -2.17. The van der Waals surface area contributed by atoms with Crippen molar-refractivity contribution >= 4 is 16.9 Å². The summed E-state index contributed by atoms with van der Waals surface area (Å²) in [6.45, 7) is 7.25. The molecular weight excluding hydrogens is 478 g/mol. The van der Waals surface area contributed by atoms with Crippen molar-refractivity contribution in [3.8, 4) is 0 Å². The molecule has 4 nitrogen and oxygen atoms in total. The Labute approximate surface area is 238 Å². The van der Waals surface area contributed by atoms with Gasteiger partial charge in [-0.05, 0) is 44.0 Å². The zero-order chi connectivity index (χ0) is 27.7. The molecule has 214 valence electrons. The van der Waals surface area contributed by atoms with Crippen LogP contribution in [-0.2, 0) is 6.54 Å². The number of hydrogen-bond acceptors (Lipinski definition) is 2. The van der Waals surface area contributed by atoms with E-state index in [1.807, 2.05) is 44.2 Å². The van der Waals surface area contributed by atoms with E-state index >= 15 is 0 Å². The van der Waals surface area contributed by atoms with Gasteiger partial charge in [0.05, 0.1) is 17.1 Å². The molecule has 3 rings (SSSR count). The molecule has 1 heterocycles. The number of unbranched alkanes of at least 4 members (excludes halogenated alkanes) is 15. The second kappa shape index (κ2) is 17.9. The quantitative estimate of drug-likeness (QED) is 0.147. The Balaban J connectivity index is 1.35. The van der Waals surface area contributed by atoms with Gasteiger partial charge in [-0.3, -0.25) is 4.79 Å². The monoisotopic (exact) mass is 531 g/mol. The fraction of sp³-hybridized carbons (Fsp3) is 0.600. The molecule has 1 unspecified atom stereocenters. The molecule has 2 aromatic carbocycles. The molecule has 1 aromatic heterocycles. The molecule has 1 atom stereocenters. The molecule has 3 aromatic rings. The highest BCUT2D eigenvalue weighted by Gasteiger charge is 2.19. The largest absolute Gasteiger partial charge is 0.342 e. The first-order valence-electron chi connectivity index (χ1n) is 15.9. The highest BCUT2D eigenvalue weighted by Crippen LogP contribution is 2.23. The molecule has 1 amide bonds. The Bertz CT molecular complexity index is 1100. The second-order valence-corrected chi connectivity index (χ2v) is 11.4. The van der Waals surface area contributed by atoms with E-state index in [0.29, 0.717) is 0 Å². The van der Waals surface area contributed by atoms with Crippen LogP contribution in [0.4, 0.5) is 0 Å². The predicted octanol–water partition coefficient (Wildman–Crippen LogP) is 10.1. The number of carbonyl (C=O) groups excluding carboxylic acids is 1. The molecule has 0 saturated carbocycles. The van der Waals surface area contributed by atoms with Gasteiger partial charge in [0.1, 0.15) is 5.82 Å². The topological polar surface area (TPSA) is 46.9 Å². The number of nitrogens with one attached hydrogen (secondary N) is 1. The molecule has 1 N–H and O–H groups in total. The van der Waals surface area contributed by atoms with Gasteiger partial charge in [-0.1, -0.05) is 134 Å². The smallest absolute Gasteiger partial charge is 0.252 e. The molecule has 0 saturated heterocycles. The standard InChI is InChI=1S/C35H53N3O/c1-4-5-6-7-8-9-10-11-12-13-14-15-16-17-18-23-28-38-33-27-22-21-26-32(33)37-34(38)30(3)36-35(39)31-25-20-19-24-29(31)2/h19-22,24-27,30H,4-18,23,28H2,1-3H3,(H,36,39). The number of carbonyl (C=O) groups is 1. The summed E-state index contributed by atoms with van der Waals surface area (Å²) < 4.78 is 2.32. The number of hydrogen-bond donors (Lipinski definition) is 1. The van der Waals surface area contributed by atoms with Gasteiger partial charge in [0.2, 0.25) is 0 Å². The van der Waals surface area contributed by atoms with Gasteiger partial charge >= 0.3 is 0 Å². The van der Waals surface area contributed by atoms with Gasteiger partial charge in [-0.25, -0.2) is 4.98 Å². The number of aromatic nitrogens is 2. The van der Waals surface area contributed by atoms with Crippen LogP contribution in [0, 0.1) is 6.92 Å². The lowest BCUT2D eigenvalue weighted by Crippen LogP contribution is -2.29. The summed E-state index contributed by atoms with van der Waals surface area (Å²) in [7, 11) is 0. The summed E-state index contributed by atoms with van der Waals surface area (Å²) in [4.78, 5) is 17.9. The summed E-state index contributed by atoms with van der Waals surface area (Å²) in [5, 5.41) is 3.19. The van der Waals surface area contributed by atoms with Crippen LogP contribution in [0.3, 0.4) is 0 Å². The average molecular weight is 532 g/mol. The highest BCUT2D eigenvalue weighted by molar-refractivity contribution is 5.95. The number of amides is 1. The number of imidazole rings is 1. The van der Waals surface area contributed by atoms with Crippen LogP contribution in [0.5, 0.6) is 0 Å². The van der Waals surface area contributed by atoms with Crippen LogP contribution in [0.15, 0.2) is 48.5 Å². The van der Waals surface area contributed by atoms with E-state index in [1.165, 1.54) is 96.3 Å². The van der Waals surface area contributed by atoms with E-state index in [-0.39, 0.29) is 11.9 Å². The third-order valence-corrected chi connectivity index (χ3v) is 8.04. The minimum absolute atomic E-state index is 0.0402. The fourth-order valence-electron chi connectivity index (χ4n) is 5.64. The molecule has 0 aliphatic carbocycles. The lowest BCUT2D eigenvalue weighted by atomic mass is 10.0. The third-order valence-electron chi connectivity index (χ3n) is 8.04. The van der Waals surface area contributed by atoms with Gasteiger partial charge in [0, 0.05) is 12.1 Å². The van der Waals surface area contributed by atoms with Crippen LogP contribution in [0.1, 0.15) is 144 Å². The van der Waals surface area contributed by atoms with Gasteiger partial charge < -0.3 is 9.88 Å². The normalized spacial score (nSPS) is 12.2. The van der Waals surface area contributed by atoms with Crippen molar-refractivity contribution in [2.45, 2.75) is 136 Å². The van der Waals surface area contributed by atoms with Crippen molar-refractivity contribution in [1.82, 2.24) is 14.9 Å². The number of aryl methyl sites for hydroxylation is 2. The van der Waals surface area contributed by atoms with Crippen molar-refractivity contribution in [2.75, 3.05) is 0 Å². The third kappa shape index (κ3) is 10.5. The maximum Gasteiger partial charge on any atom is 0.252 e. The first-order chi connectivity index (χ1) is 19.1. The summed E-state index contributed by atoms with van der Waals surface area (Å²) in [5.74, 6) is 0.903. The first kappa shape index (κ1) is 30.9. The minimum Gasteiger partial charge on any atom is -0.342 e. The minimum atomic E-state index is -0.162. The van der Waals surface area contributed by atoms with Crippen LogP contribution < -0.4 is 5.32 Å². The van der Waals surface area contributed by atoms with E-state index in [4.69, 9.17) is 4.98 Å². The molecule has 0 spiro atoms. The number of para-hydroxylation sites is 2. The van der Waals surface area contributed by atoms with E-state index < -0.39 is 0 Å². The number of fused-ring (bicyclic) bond motifs is 1. The number of rotatable bonds is 20. The van der Waals surface area contributed by atoms with Crippen LogP contribution >= 0.6 is 0 Å². The van der Waals surface area contributed by atoms with Gasteiger partial charge in [-0.15, -0.1) is 0 Å². The summed E-state index contributed by atoms with van der Waals surface area (Å²) in [6, 6.07) is 15.9. The van der Waals surface area contributed by atoms with Crippen molar-refractivity contribution in [3.63, 3.8) is 0 Å².